The summed E-state index contributed by atoms with van der Waals surface area (Å²) < 4.78 is 66.7. The highest BCUT2D eigenvalue weighted by atomic mass is 32.2. The summed E-state index contributed by atoms with van der Waals surface area (Å²) in [5, 5.41) is 0. The van der Waals surface area contributed by atoms with Crippen LogP contribution in [0.1, 0.15) is 16.1 Å². The molecule has 0 unspecified atom stereocenters. The highest BCUT2D eigenvalue weighted by molar-refractivity contribution is 7.89. The van der Waals surface area contributed by atoms with E-state index in [1.165, 1.54) is 21.7 Å². The van der Waals surface area contributed by atoms with Gasteiger partial charge in [0.15, 0.2) is 0 Å². The zero-order valence-electron chi connectivity index (χ0n) is 16.7. The first kappa shape index (κ1) is 22.0. The molecular formula is C21H19F3N4O3S. The summed E-state index contributed by atoms with van der Waals surface area (Å²) in [5.74, 6) is -0.280. The molecule has 3 aromatic rings. The van der Waals surface area contributed by atoms with Crippen LogP contribution in [0.15, 0.2) is 72.0 Å². The number of aromatic nitrogens is 2. The SMILES string of the molecule is O=C(c1cncn1-c1ccccc1)N1CCN(S(=O)(=O)c2ccc(C(F)(F)F)cc2)CC1. The number of sulfonamides is 1. The first-order valence-electron chi connectivity index (χ1n) is 9.72. The van der Waals surface area contributed by atoms with Gasteiger partial charge in [-0.05, 0) is 36.4 Å². The largest absolute Gasteiger partial charge is 0.416 e. The first-order valence-corrected chi connectivity index (χ1v) is 11.2. The predicted molar refractivity (Wildman–Crippen MR) is 110 cm³/mol. The minimum absolute atomic E-state index is 0.0363. The number of carbonyl (C=O) groups excluding carboxylic acids is 1. The standard InChI is InChI=1S/C21H19F3N4O3S/c22-21(23,24)16-6-8-18(9-7-16)32(30,31)27-12-10-26(11-13-27)20(29)19-14-25-15-28(19)17-4-2-1-3-5-17/h1-9,14-15H,10-13H2. The number of benzene rings is 2. The van der Waals surface area contributed by atoms with Gasteiger partial charge in [-0.15, -0.1) is 0 Å². The van der Waals surface area contributed by atoms with Gasteiger partial charge in [-0.25, -0.2) is 13.4 Å². The van der Waals surface area contributed by atoms with Gasteiger partial charge in [0.05, 0.1) is 23.0 Å². The maximum absolute atomic E-state index is 13.0. The molecular weight excluding hydrogens is 445 g/mol. The molecule has 0 atom stereocenters. The number of piperazine rings is 1. The van der Waals surface area contributed by atoms with Crippen LogP contribution in [0.3, 0.4) is 0 Å². The van der Waals surface area contributed by atoms with E-state index < -0.39 is 21.8 Å². The van der Waals surface area contributed by atoms with Crippen LogP contribution in [0.2, 0.25) is 0 Å². The topological polar surface area (TPSA) is 75.5 Å². The minimum Gasteiger partial charge on any atom is -0.335 e. The second kappa shape index (κ2) is 8.40. The number of imidazole rings is 1. The van der Waals surface area contributed by atoms with Crippen LogP contribution >= 0.6 is 0 Å². The van der Waals surface area contributed by atoms with E-state index in [-0.39, 0.29) is 37.0 Å². The van der Waals surface area contributed by atoms with Gasteiger partial charge in [-0.1, -0.05) is 18.2 Å². The molecule has 11 heteroatoms. The van der Waals surface area contributed by atoms with Crippen molar-refractivity contribution in [3.05, 3.63) is 78.4 Å². The lowest BCUT2D eigenvalue weighted by atomic mass is 10.2. The zero-order valence-corrected chi connectivity index (χ0v) is 17.6. The third-order valence-electron chi connectivity index (χ3n) is 5.24. The molecule has 1 aromatic heterocycles. The van der Waals surface area contributed by atoms with Crippen LogP contribution in [-0.4, -0.2) is 59.3 Å². The Kier molecular flexibility index (Phi) is 5.78. The van der Waals surface area contributed by atoms with E-state index in [2.05, 4.69) is 4.98 Å². The Balaban J connectivity index is 1.45. The third kappa shape index (κ3) is 4.26. The number of para-hydroxylation sites is 1. The zero-order chi connectivity index (χ0) is 22.9. The van der Waals surface area contributed by atoms with Crippen LogP contribution in [0.25, 0.3) is 5.69 Å². The summed E-state index contributed by atoms with van der Waals surface area (Å²) in [4.78, 5) is 18.4. The van der Waals surface area contributed by atoms with Gasteiger partial charge in [-0.2, -0.15) is 17.5 Å². The quantitative estimate of drug-likeness (QED) is 0.595. The van der Waals surface area contributed by atoms with Crippen molar-refractivity contribution in [3.8, 4) is 5.69 Å². The fraction of sp³-hybridized carbons (Fsp3) is 0.238. The van der Waals surface area contributed by atoms with E-state index in [4.69, 9.17) is 0 Å². The highest BCUT2D eigenvalue weighted by Gasteiger charge is 2.33. The van der Waals surface area contributed by atoms with Crippen LogP contribution in [0.4, 0.5) is 13.2 Å². The second-order valence-corrected chi connectivity index (χ2v) is 9.14. The molecule has 1 amide bonds. The number of alkyl halides is 3. The van der Waals surface area contributed by atoms with Crippen molar-refractivity contribution in [1.82, 2.24) is 18.8 Å². The van der Waals surface area contributed by atoms with E-state index in [0.717, 1.165) is 30.0 Å². The van der Waals surface area contributed by atoms with E-state index in [1.54, 1.807) is 4.57 Å². The number of amides is 1. The lowest BCUT2D eigenvalue weighted by molar-refractivity contribution is -0.137. The first-order chi connectivity index (χ1) is 15.2. The van der Waals surface area contributed by atoms with Crippen molar-refractivity contribution >= 4 is 15.9 Å². The molecule has 0 aliphatic carbocycles. The Bertz CT molecular complexity index is 1200. The molecule has 1 saturated heterocycles. The van der Waals surface area contributed by atoms with Gasteiger partial charge >= 0.3 is 6.18 Å². The van der Waals surface area contributed by atoms with E-state index >= 15 is 0 Å². The highest BCUT2D eigenvalue weighted by Crippen LogP contribution is 2.30. The van der Waals surface area contributed by atoms with Crippen molar-refractivity contribution in [2.75, 3.05) is 26.2 Å². The van der Waals surface area contributed by atoms with Gasteiger partial charge < -0.3 is 4.90 Å². The molecule has 0 bridgehead atoms. The van der Waals surface area contributed by atoms with Crippen LogP contribution < -0.4 is 0 Å². The van der Waals surface area contributed by atoms with E-state index in [1.807, 2.05) is 30.3 Å². The van der Waals surface area contributed by atoms with Gasteiger partial charge in [0.1, 0.15) is 5.69 Å². The average Bonchev–Trinajstić information content (AvgIpc) is 3.29. The van der Waals surface area contributed by atoms with Crippen molar-refractivity contribution < 1.29 is 26.4 Å². The Hall–Kier alpha value is -3.18. The Labute approximate surface area is 182 Å². The molecule has 2 aromatic carbocycles. The molecule has 0 spiro atoms. The van der Waals surface area contributed by atoms with Crippen LogP contribution in [0.5, 0.6) is 0 Å². The molecule has 4 rings (SSSR count). The summed E-state index contributed by atoms with van der Waals surface area (Å²) in [6, 6.07) is 12.6. The maximum Gasteiger partial charge on any atom is 0.416 e. The number of hydrogen-bond donors (Lipinski definition) is 0. The van der Waals surface area contributed by atoms with Crippen molar-refractivity contribution in [1.29, 1.82) is 0 Å². The average molecular weight is 464 g/mol. The predicted octanol–water partition coefficient (Wildman–Crippen LogP) is 3.04. The Morgan fingerprint density at radius 1 is 0.906 bits per heavy atom. The smallest absolute Gasteiger partial charge is 0.335 e. The number of hydrogen-bond acceptors (Lipinski definition) is 4. The summed E-state index contributed by atoms with van der Waals surface area (Å²) >= 11 is 0. The van der Waals surface area contributed by atoms with Gasteiger partial charge in [0.2, 0.25) is 10.0 Å². The molecule has 1 aliphatic heterocycles. The van der Waals surface area contributed by atoms with E-state index in [9.17, 15) is 26.4 Å². The van der Waals surface area contributed by atoms with Crippen molar-refractivity contribution in [2.45, 2.75) is 11.1 Å². The number of halogens is 3. The van der Waals surface area contributed by atoms with Gasteiger partial charge in [-0.3, -0.25) is 9.36 Å². The molecule has 1 aliphatic rings. The normalized spacial score (nSPS) is 15.7. The monoisotopic (exact) mass is 464 g/mol. The van der Waals surface area contributed by atoms with Crippen molar-refractivity contribution in [3.63, 3.8) is 0 Å². The lowest BCUT2D eigenvalue weighted by Crippen LogP contribution is -2.50. The Morgan fingerprint density at radius 2 is 1.53 bits per heavy atom. The summed E-state index contributed by atoms with van der Waals surface area (Å²) in [5.41, 5.74) is 0.217. The molecule has 1 fully saturated rings. The molecule has 0 saturated carbocycles. The maximum atomic E-state index is 13.0. The number of carbonyl (C=O) groups is 1. The summed E-state index contributed by atoms with van der Waals surface area (Å²) in [6.07, 6.45) is -1.55. The Morgan fingerprint density at radius 3 is 2.12 bits per heavy atom. The fourth-order valence-electron chi connectivity index (χ4n) is 3.51. The molecule has 0 radical (unpaired) electrons. The molecule has 2 heterocycles. The minimum atomic E-state index is -4.54. The molecule has 32 heavy (non-hydrogen) atoms. The second-order valence-electron chi connectivity index (χ2n) is 7.20. The molecule has 168 valence electrons. The van der Waals surface area contributed by atoms with Crippen LogP contribution in [0, 0.1) is 0 Å². The van der Waals surface area contributed by atoms with Gasteiger partial charge in [0.25, 0.3) is 5.91 Å². The number of nitrogens with zero attached hydrogens (tertiary/aromatic N) is 4. The van der Waals surface area contributed by atoms with Crippen molar-refractivity contribution in [2.24, 2.45) is 0 Å². The number of rotatable bonds is 4. The van der Waals surface area contributed by atoms with Crippen LogP contribution in [-0.2, 0) is 16.2 Å². The molecule has 7 nitrogen and oxygen atoms in total. The fourth-order valence-corrected chi connectivity index (χ4v) is 4.93. The lowest BCUT2D eigenvalue weighted by Gasteiger charge is -2.34. The molecule has 0 N–H and O–H groups in total. The van der Waals surface area contributed by atoms with Gasteiger partial charge in [0, 0.05) is 31.9 Å². The summed E-state index contributed by atoms with van der Waals surface area (Å²) in [6.45, 7) is 0.375. The summed E-state index contributed by atoms with van der Waals surface area (Å²) in [7, 11) is -3.97. The third-order valence-corrected chi connectivity index (χ3v) is 7.15. The van der Waals surface area contributed by atoms with E-state index in [0.29, 0.717) is 5.69 Å².